The van der Waals surface area contributed by atoms with Gasteiger partial charge >= 0.3 is 0 Å². The molecule has 6 nitrogen and oxygen atoms in total. The van der Waals surface area contributed by atoms with Crippen LogP contribution in [0.15, 0.2) is 48.8 Å². The molecule has 0 fully saturated rings. The highest BCUT2D eigenvalue weighted by molar-refractivity contribution is 7.22. The van der Waals surface area contributed by atoms with Crippen LogP contribution >= 0.6 is 22.9 Å². The molecular formula is C20H18ClN5OS. The van der Waals surface area contributed by atoms with Crippen LogP contribution in [0.25, 0.3) is 10.2 Å². The summed E-state index contributed by atoms with van der Waals surface area (Å²) < 4.78 is 2.75. The number of pyridine rings is 1. The minimum Gasteiger partial charge on any atom is -0.278 e. The van der Waals surface area contributed by atoms with Gasteiger partial charge in [0.2, 0.25) is 0 Å². The maximum Gasteiger partial charge on any atom is 0.280 e. The molecule has 142 valence electrons. The number of nitrogens with zero attached hydrogens (tertiary/aromatic N) is 5. The number of aromatic nitrogens is 4. The normalized spacial score (nSPS) is 11.1. The van der Waals surface area contributed by atoms with Crippen molar-refractivity contribution < 1.29 is 4.79 Å². The number of thiazole rings is 1. The standard InChI is InChI=1S/C20H18ClN5OS/c1-3-26-13(2)9-17(24-26)19(27)25(12-14-5-4-8-22-11-14)20-23-16-7-6-15(21)10-18(16)28-20/h4-11H,3,12H2,1-2H3. The van der Waals surface area contributed by atoms with Gasteiger partial charge in [-0.1, -0.05) is 29.0 Å². The summed E-state index contributed by atoms with van der Waals surface area (Å²) in [5.41, 5.74) is 3.08. The predicted octanol–water partition coefficient (Wildman–Crippen LogP) is 4.72. The number of hydrogen-bond donors (Lipinski definition) is 0. The van der Waals surface area contributed by atoms with Crippen molar-refractivity contribution >= 4 is 44.2 Å². The Hall–Kier alpha value is -2.77. The fourth-order valence-electron chi connectivity index (χ4n) is 2.98. The van der Waals surface area contributed by atoms with Gasteiger partial charge in [0.05, 0.1) is 16.8 Å². The highest BCUT2D eigenvalue weighted by Crippen LogP contribution is 2.32. The third-order valence-electron chi connectivity index (χ3n) is 4.38. The quantitative estimate of drug-likeness (QED) is 0.476. The Morgan fingerprint density at radius 3 is 2.86 bits per heavy atom. The van der Waals surface area contributed by atoms with E-state index in [1.165, 1.54) is 11.3 Å². The van der Waals surface area contributed by atoms with E-state index >= 15 is 0 Å². The zero-order valence-electron chi connectivity index (χ0n) is 15.5. The van der Waals surface area contributed by atoms with Gasteiger partial charge in [0.25, 0.3) is 5.91 Å². The molecule has 0 aliphatic carbocycles. The van der Waals surface area contributed by atoms with Gasteiger partial charge in [-0.15, -0.1) is 0 Å². The summed E-state index contributed by atoms with van der Waals surface area (Å²) in [6, 6.07) is 11.1. The van der Waals surface area contributed by atoms with E-state index in [0.717, 1.165) is 21.5 Å². The van der Waals surface area contributed by atoms with Gasteiger partial charge in [-0.2, -0.15) is 5.10 Å². The van der Waals surface area contributed by atoms with Crippen LogP contribution in [0.2, 0.25) is 5.02 Å². The van der Waals surface area contributed by atoms with Crippen LogP contribution in [0.1, 0.15) is 28.7 Å². The van der Waals surface area contributed by atoms with Gasteiger partial charge in [-0.25, -0.2) is 4.98 Å². The van der Waals surface area contributed by atoms with Crippen LogP contribution in [-0.4, -0.2) is 25.7 Å². The second kappa shape index (κ2) is 7.69. The Kier molecular flexibility index (Phi) is 5.11. The lowest BCUT2D eigenvalue weighted by molar-refractivity contribution is 0.0979. The minimum atomic E-state index is -0.190. The number of amides is 1. The molecule has 0 aliphatic heterocycles. The largest absolute Gasteiger partial charge is 0.280 e. The summed E-state index contributed by atoms with van der Waals surface area (Å²) in [7, 11) is 0. The van der Waals surface area contributed by atoms with Crippen LogP contribution in [0.3, 0.4) is 0 Å². The molecule has 0 bridgehead atoms. The molecule has 4 aromatic rings. The number of hydrogen-bond acceptors (Lipinski definition) is 5. The van der Waals surface area contributed by atoms with Crippen LogP contribution < -0.4 is 4.90 Å². The molecule has 0 radical (unpaired) electrons. The first kappa shape index (κ1) is 18.6. The molecule has 3 aromatic heterocycles. The van der Waals surface area contributed by atoms with Crippen molar-refractivity contribution in [2.24, 2.45) is 0 Å². The van der Waals surface area contributed by atoms with Crippen LogP contribution in [0.5, 0.6) is 0 Å². The lowest BCUT2D eigenvalue weighted by Gasteiger charge is -2.18. The smallest absolute Gasteiger partial charge is 0.278 e. The number of halogens is 1. The number of benzene rings is 1. The van der Waals surface area contributed by atoms with Crippen molar-refractivity contribution in [3.8, 4) is 0 Å². The summed E-state index contributed by atoms with van der Waals surface area (Å²) in [4.78, 5) is 23.8. The summed E-state index contributed by atoms with van der Waals surface area (Å²) in [5, 5.41) is 5.70. The Morgan fingerprint density at radius 2 is 2.14 bits per heavy atom. The highest BCUT2D eigenvalue weighted by atomic mass is 35.5. The predicted molar refractivity (Wildman–Crippen MR) is 112 cm³/mol. The van der Waals surface area contributed by atoms with Crippen molar-refractivity contribution in [2.75, 3.05) is 4.90 Å². The summed E-state index contributed by atoms with van der Waals surface area (Å²) in [6.07, 6.45) is 3.46. The molecular weight excluding hydrogens is 394 g/mol. The lowest BCUT2D eigenvalue weighted by Crippen LogP contribution is -2.30. The Morgan fingerprint density at radius 1 is 1.29 bits per heavy atom. The Labute approximate surface area is 171 Å². The fourth-order valence-corrected chi connectivity index (χ4v) is 4.21. The average molecular weight is 412 g/mol. The van der Waals surface area contributed by atoms with E-state index in [1.807, 2.05) is 48.9 Å². The maximum absolute atomic E-state index is 13.3. The van der Waals surface area contributed by atoms with E-state index in [1.54, 1.807) is 23.4 Å². The van der Waals surface area contributed by atoms with E-state index in [4.69, 9.17) is 11.6 Å². The third-order valence-corrected chi connectivity index (χ3v) is 5.65. The monoisotopic (exact) mass is 411 g/mol. The zero-order chi connectivity index (χ0) is 19.7. The first-order chi connectivity index (χ1) is 13.5. The van der Waals surface area contributed by atoms with Gasteiger partial charge in [0.1, 0.15) is 0 Å². The van der Waals surface area contributed by atoms with Crippen LogP contribution in [0, 0.1) is 6.92 Å². The first-order valence-electron chi connectivity index (χ1n) is 8.86. The molecule has 1 amide bonds. The minimum absolute atomic E-state index is 0.190. The van der Waals surface area contributed by atoms with E-state index in [2.05, 4.69) is 15.1 Å². The number of anilines is 1. The number of carbonyl (C=O) groups is 1. The van der Waals surface area contributed by atoms with Crippen LogP contribution in [-0.2, 0) is 13.1 Å². The van der Waals surface area contributed by atoms with Crippen molar-refractivity contribution in [1.82, 2.24) is 19.7 Å². The van der Waals surface area contributed by atoms with Gasteiger partial charge in [-0.05, 0) is 49.7 Å². The van der Waals surface area contributed by atoms with Gasteiger partial charge < -0.3 is 0 Å². The topological polar surface area (TPSA) is 63.9 Å². The molecule has 0 unspecified atom stereocenters. The molecule has 8 heteroatoms. The molecule has 0 saturated heterocycles. The third kappa shape index (κ3) is 3.63. The Balaban J connectivity index is 1.76. The summed E-state index contributed by atoms with van der Waals surface area (Å²) in [5.74, 6) is -0.190. The van der Waals surface area contributed by atoms with Crippen molar-refractivity contribution in [3.05, 3.63) is 70.8 Å². The summed E-state index contributed by atoms with van der Waals surface area (Å²) in [6.45, 7) is 5.01. The van der Waals surface area contributed by atoms with Crippen molar-refractivity contribution in [1.29, 1.82) is 0 Å². The van der Waals surface area contributed by atoms with Crippen LogP contribution in [0.4, 0.5) is 5.13 Å². The fraction of sp³-hybridized carbons (Fsp3) is 0.200. The second-order valence-corrected chi connectivity index (χ2v) is 7.79. The molecule has 4 rings (SSSR count). The number of rotatable bonds is 5. The number of carbonyl (C=O) groups excluding carboxylic acids is 1. The molecule has 0 spiro atoms. The maximum atomic E-state index is 13.3. The van der Waals surface area contributed by atoms with E-state index in [9.17, 15) is 4.79 Å². The lowest BCUT2D eigenvalue weighted by atomic mass is 10.2. The van der Waals surface area contributed by atoms with E-state index in [0.29, 0.717) is 28.9 Å². The molecule has 1 aromatic carbocycles. The summed E-state index contributed by atoms with van der Waals surface area (Å²) >= 11 is 7.54. The molecule has 0 saturated carbocycles. The van der Waals surface area contributed by atoms with Crippen molar-refractivity contribution in [2.45, 2.75) is 26.9 Å². The van der Waals surface area contributed by atoms with Gasteiger partial charge in [0, 0.05) is 29.7 Å². The molecule has 3 heterocycles. The molecule has 0 atom stereocenters. The van der Waals surface area contributed by atoms with Gasteiger partial charge in [0.15, 0.2) is 10.8 Å². The second-order valence-electron chi connectivity index (χ2n) is 6.35. The number of fused-ring (bicyclic) bond motifs is 1. The molecule has 0 N–H and O–H groups in total. The van der Waals surface area contributed by atoms with E-state index in [-0.39, 0.29) is 5.91 Å². The Bertz CT molecular complexity index is 1140. The van der Waals surface area contributed by atoms with Gasteiger partial charge in [-0.3, -0.25) is 19.4 Å². The molecule has 0 aliphatic rings. The molecule has 28 heavy (non-hydrogen) atoms. The van der Waals surface area contributed by atoms with E-state index < -0.39 is 0 Å². The number of aryl methyl sites for hydroxylation is 2. The average Bonchev–Trinajstić information content (AvgIpc) is 3.29. The SMILES string of the molecule is CCn1nc(C(=O)N(Cc2cccnc2)c2nc3ccc(Cl)cc3s2)cc1C. The van der Waals surface area contributed by atoms with Crippen molar-refractivity contribution in [3.63, 3.8) is 0 Å². The zero-order valence-corrected chi connectivity index (χ0v) is 17.0. The highest BCUT2D eigenvalue weighted by Gasteiger charge is 2.24. The first-order valence-corrected chi connectivity index (χ1v) is 10.1.